The van der Waals surface area contributed by atoms with Crippen molar-refractivity contribution in [2.45, 2.75) is 13.8 Å². The van der Waals surface area contributed by atoms with Crippen molar-refractivity contribution in [3.63, 3.8) is 0 Å². The highest BCUT2D eigenvalue weighted by Crippen LogP contribution is 2.36. The van der Waals surface area contributed by atoms with Crippen LogP contribution in [-0.4, -0.2) is 68.7 Å². The quantitative estimate of drug-likeness (QED) is 0.306. The maximum atomic E-state index is 11.3. The van der Waals surface area contributed by atoms with Gasteiger partial charge in [-0.2, -0.15) is 15.1 Å². The van der Waals surface area contributed by atoms with Gasteiger partial charge in [-0.1, -0.05) is 11.6 Å². The van der Waals surface area contributed by atoms with Gasteiger partial charge in [0, 0.05) is 60.6 Å². The topological polar surface area (TPSA) is 141 Å². The highest BCUT2D eigenvalue weighted by Gasteiger charge is 2.21. The van der Waals surface area contributed by atoms with Crippen molar-refractivity contribution in [3.05, 3.63) is 46.7 Å². The average Bonchev–Trinajstić information content (AvgIpc) is 3.40. The van der Waals surface area contributed by atoms with Gasteiger partial charge in [-0.25, -0.2) is 0 Å². The molecule has 5 rings (SSSR count). The second-order valence-electron chi connectivity index (χ2n) is 8.58. The lowest BCUT2D eigenvalue weighted by molar-refractivity contribution is -0.119. The summed E-state index contributed by atoms with van der Waals surface area (Å²) in [6.45, 7) is 6.89. The molecule has 0 spiro atoms. The highest BCUT2D eigenvalue weighted by molar-refractivity contribution is 6.37. The van der Waals surface area contributed by atoms with Gasteiger partial charge in [-0.15, -0.1) is 0 Å². The summed E-state index contributed by atoms with van der Waals surface area (Å²) in [5.74, 6) is 1.99. The number of primary amides is 1. The number of aromatic nitrogens is 5. The number of nitrogens with one attached hydrogen (secondary N) is 3. The second kappa shape index (κ2) is 9.43. The van der Waals surface area contributed by atoms with E-state index in [4.69, 9.17) is 22.1 Å². The van der Waals surface area contributed by atoms with E-state index >= 15 is 0 Å². The molecule has 0 bridgehead atoms. The van der Waals surface area contributed by atoms with E-state index in [1.54, 1.807) is 6.07 Å². The molecule has 0 aliphatic carbocycles. The van der Waals surface area contributed by atoms with Gasteiger partial charge in [-0.05, 0) is 32.0 Å². The Balaban J connectivity index is 1.44. The molecule has 4 aromatic rings. The molecule has 35 heavy (non-hydrogen) atoms. The lowest BCUT2D eigenvalue weighted by Gasteiger charge is -2.34. The molecule has 1 saturated heterocycles. The van der Waals surface area contributed by atoms with Crippen LogP contribution in [0.1, 0.15) is 11.4 Å². The van der Waals surface area contributed by atoms with Crippen molar-refractivity contribution in [2.75, 3.05) is 42.9 Å². The van der Waals surface area contributed by atoms with Gasteiger partial charge in [0.1, 0.15) is 17.4 Å². The first-order valence-corrected chi connectivity index (χ1v) is 11.6. The summed E-state index contributed by atoms with van der Waals surface area (Å²) in [5, 5.41) is 11.7. The number of piperazine rings is 1. The van der Waals surface area contributed by atoms with Crippen molar-refractivity contribution in [3.8, 4) is 11.8 Å². The molecule has 1 aromatic carbocycles. The van der Waals surface area contributed by atoms with E-state index < -0.39 is 0 Å². The maximum absolute atomic E-state index is 11.3. The largest absolute Gasteiger partial charge is 0.423 e. The van der Waals surface area contributed by atoms with Crippen LogP contribution in [-0.2, 0) is 4.79 Å². The van der Waals surface area contributed by atoms with E-state index in [9.17, 15) is 4.79 Å². The molecule has 4 heterocycles. The number of ether oxygens (including phenoxy) is 1. The SMILES string of the molecule is Cc1cc(Nc2cc(N3CCN(CC(N)=O)CC3)nc(Oc3ccc4[nH]c(C)cc4c3Cl)n2)n[nH]1. The Kier molecular flexibility index (Phi) is 6.18. The summed E-state index contributed by atoms with van der Waals surface area (Å²) >= 11 is 6.64. The van der Waals surface area contributed by atoms with Gasteiger partial charge in [0.05, 0.1) is 11.6 Å². The van der Waals surface area contributed by atoms with E-state index in [0.29, 0.717) is 54.4 Å². The molecule has 3 aromatic heterocycles. The normalized spacial score (nSPS) is 14.4. The van der Waals surface area contributed by atoms with Crippen molar-refractivity contribution in [2.24, 2.45) is 5.73 Å². The van der Waals surface area contributed by atoms with Gasteiger partial charge in [-0.3, -0.25) is 14.8 Å². The number of H-pyrrole nitrogens is 2. The summed E-state index contributed by atoms with van der Waals surface area (Å²) in [6.07, 6.45) is 0. The number of nitrogens with two attached hydrogens (primary N) is 1. The molecule has 1 fully saturated rings. The summed E-state index contributed by atoms with van der Waals surface area (Å²) in [4.78, 5) is 27.9. The van der Waals surface area contributed by atoms with E-state index in [-0.39, 0.29) is 18.5 Å². The number of carbonyl (C=O) groups is 1. The van der Waals surface area contributed by atoms with Crippen LogP contribution in [0, 0.1) is 13.8 Å². The molecule has 11 nitrogen and oxygen atoms in total. The molecule has 0 atom stereocenters. The van der Waals surface area contributed by atoms with Gasteiger partial charge in [0.25, 0.3) is 0 Å². The number of fused-ring (bicyclic) bond motifs is 1. The summed E-state index contributed by atoms with van der Waals surface area (Å²) < 4.78 is 6.08. The Hall–Kier alpha value is -3.83. The predicted octanol–water partition coefficient (Wildman–Crippen LogP) is 3.09. The molecular weight excluding hydrogens is 470 g/mol. The van der Waals surface area contributed by atoms with Crippen LogP contribution in [0.25, 0.3) is 10.9 Å². The number of nitrogens with zero attached hydrogens (tertiary/aromatic N) is 5. The number of aromatic amines is 2. The van der Waals surface area contributed by atoms with Crippen LogP contribution < -0.4 is 20.7 Å². The van der Waals surface area contributed by atoms with Gasteiger partial charge in [0.15, 0.2) is 5.82 Å². The maximum Gasteiger partial charge on any atom is 0.325 e. The first kappa shape index (κ1) is 22.9. The fraction of sp³-hybridized carbons (Fsp3) is 0.304. The zero-order valence-corrected chi connectivity index (χ0v) is 20.2. The van der Waals surface area contributed by atoms with E-state index in [2.05, 4.69) is 35.4 Å². The molecule has 0 saturated carbocycles. The van der Waals surface area contributed by atoms with Gasteiger partial charge < -0.3 is 25.7 Å². The van der Waals surface area contributed by atoms with Crippen LogP contribution >= 0.6 is 11.6 Å². The zero-order chi connectivity index (χ0) is 24.5. The van der Waals surface area contributed by atoms with Crippen LogP contribution in [0.2, 0.25) is 5.02 Å². The molecule has 12 heteroatoms. The first-order chi connectivity index (χ1) is 16.8. The summed E-state index contributed by atoms with van der Waals surface area (Å²) in [6, 6.07) is 9.57. The third-order valence-corrected chi connectivity index (χ3v) is 6.16. The number of aryl methyl sites for hydroxylation is 2. The Morgan fingerprint density at radius 2 is 1.91 bits per heavy atom. The summed E-state index contributed by atoms with van der Waals surface area (Å²) in [5.41, 5.74) is 8.20. The highest BCUT2D eigenvalue weighted by atomic mass is 35.5. The second-order valence-corrected chi connectivity index (χ2v) is 8.96. The van der Waals surface area contributed by atoms with Crippen LogP contribution in [0.5, 0.6) is 11.8 Å². The summed E-state index contributed by atoms with van der Waals surface area (Å²) in [7, 11) is 0. The van der Waals surface area contributed by atoms with Crippen molar-refractivity contribution in [1.82, 2.24) is 30.0 Å². The zero-order valence-electron chi connectivity index (χ0n) is 19.4. The minimum atomic E-state index is -0.330. The lowest BCUT2D eigenvalue weighted by atomic mass is 10.2. The Morgan fingerprint density at radius 3 is 2.63 bits per heavy atom. The molecule has 1 aliphatic heterocycles. The standard InChI is InChI=1S/C23H26ClN9O2/c1-13-9-15-16(26-13)3-4-17(22(15)24)35-23-28-19(27-20-10-14(2)30-31-20)11-21(29-23)33-7-5-32(6-8-33)12-18(25)34/h3-4,9-11,26H,5-8,12H2,1-2H3,(H2,25,34)(H2,27,28,29,30,31). The van der Waals surface area contributed by atoms with Gasteiger partial charge in [0.2, 0.25) is 5.91 Å². The molecule has 5 N–H and O–H groups in total. The number of anilines is 3. The van der Waals surface area contributed by atoms with Crippen LogP contribution in [0.3, 0.4) is 0 Å². The van der Waals surface area contributed by atoms with Crippen LogP contribution in [0.15, 0.2) is 30.3 Å². The van der Waals surface area contributed by atoms with E-state index in [0.717, 1.165) is 22.3 Å². The number of amides is 1. The molecule has 182 valence electrons. The van der Waals surface area contributed by atoms with Crippen molar-refractivity contribution < 1.29 is 9.53 Å². The molecule has 1 aliphatic rings. The monoisotopic (exact) mass is 495 g/mol. The van der Waals surface area contributed by atoms with E-state index in [1.165, 1.54) is 0 Å². The smallest absolute Gasteiger partial charge is 0.325 e. The molecule has 0 unspecified atom stereocenters. The Morgan fingerprint density at radius 1 is 1.11 bits per heavy atom. The Labute approximate surface area is 206 Å². The molecular formula is C23H26ClN9O2. The number of halogens is 1. The molecule has 1 amide bonds. The van der Waals surface area contributed by atoms with Crippen molar-refractivity contribution in [1.29, 1.82) is 0 Å². The first-order valence-electron chi connectivity index (χ1n) is 11.2. The van der Waals surface area contributed by atoms with Crippen molar-refractivity contribution >= 4 is 45.9 Å². The van der Waals surface area contributed by atoms with Crippen LogP contribution in [0.4, 0.5) is 17.5 Å². The minimum Gasteiger partial charge on any atom is -0.423 e. The lowest BCUT2D eigenvalue weighted by Crippen LogP contribution is -2.49. The van der Waals surface area contributed by atoms with E-state index in [1.807, 2.05) is 43.0 Å². The molecule has 0 radical (unpaired) electrons. The minimum absolute atomic E-state index is 0.158. The Bertz CT molecular complexity index is 1370. The number of carbonyl (C=O) groups excluding carboxylic acids is 1. The number of benzene rings is 1. The third kappa shape index (κ3) is 5.15. The predicted molar refractivity (Wildman–Crippen MR) is 135 cm³/mol. The average molecular weight is 496 g/mol. The number of rotatable bonds is 7. The fourth-order valence-electron chi connectivity index (χ4n) is 4.12. The fourth-order valence-corrected chi connectivity index (χ4v) is 4.38. The third-order valence-electron chi connectivity index (χ3n) is 5.77. The number of hydrogen-bond acceptors (Lipinski definition) is 8. The van der Waals surface area contributed by atoms with Gasteiger partial charge >= 0.3 is 6.01 Å². The number of hydrogen-bond donors (Lipinski definition) is 4.